The largest absolute Gasteiger partial charge is 0.481 e. The predicted octanol–water partition coefficient (Wildman–Crippen LogP) is 1.54. The molecule has 0 saturated carbocycles. The summed E-state index contributed by atoms with van der Waals surface area (Å²) in [6, 6.07) is 1.60. The number of carboxylic acid groups (broad SMARTS) is 1. The Bertz CT molecular complexity index is 491. The van der Waals surface area contributed by atoms with Crippen LogP contribution in [0.1, 0.15) is 41.9 Å². The molecular weight excluding hydrogens is 276 g/mol. The Labute approximate surface area is 122 Å². The number of rotatable bonds is 6. The van der Waals surface area contributed by atoms with Crippen LogP contribution in [0.2, 0.25) is 0 Å². The quantitative estimate of drug-likeness (QED) is 0.856. The summed E-state index contributed by atoms with van der Waals surface area (Å²) < 4.78 is 9.94. The molecule has 7 heteroatoms. The molecule has 0 atom stereocenters. The molecule has 2 rings (SSSR count). The molecule has 21 heavy (non-hydrogen) atoms. The summed E-state index contributed by atoms with van der Waals surface area (Å²) in [5.41, 5.74) is 0.297. The number of ether oxygens (including phenoxy) is 1. The molecule has 1 aliphatic heterocycles. The monoisotopic (exact) mass is 296 g/mol. The van der Waals surface area contributed by atoms with Crippen molar-refractivity contribution in [3.05, 3.63) is 17.5 Å². The minimum Gasteiger partial charge on any atom is -0.481 e. The number of carboxylic acids is 1. The van der Waals surface area contributed by atoms with Gasteiger partial charge in [-0.15, -0.1) is 0 Å². The third kappa shape index (κ3) is 4.29. The maximum absolute atomic E-state index is 12.3. The lowest BCUT2D eigenvalue weighted by Crippen LogP contribution is -2.38. The van der Waals surface area contributed by atoms with Crippen molar-refractivity contribution in [1.29, 1.82) is 0 Å². The first-order valence-corrected chi connectivity index (χ1v) is 7.05. The summed E-state index contributed by atoms with van der Waals surface area (Å²) in [6.45, 7) is 1.56. The molecule has 116 valence electrons. The molecule has 0 unspecified atom stereocenters. The van der Waals surface area contributed by atoms with Crippen molar-refractivity contribution >= 4 is 11.9 Å². The van der Waals surface area contributed by atoms with E-state index in [1.54, 1.807) is 18.1 Å². The Kier molecular flexibility index (Phi) is 5.32. The highest BCUT2D eigenvalue weighted by atomic mass is 16.5. The fourth-order valence-electron chi connectivity index (χ4n) is 2.54. The van der Waals surface area contributed by atoms with Gasteiger partial charge in [-0.1, -0.05) is 5.16 Å². The SMILES string of the molecule is COCc1cc(C(=O)N2CCC(CCC(=O)O)CC2)no1. The molecule has 1 saturated heterocycles. The molecule has 1 aromatic rings. The molecule has 7 nitrogen and oxygen atoms in total. The van der Waals surface area contributed by atoms with E-state index < -0.39 is 5.97 Å². The second-order valence-corrected chi connectivity index (χ2v) is 5.28. The first kappa shape index (κ1) is 15.5. The second kappa shape index (κ2) is 7.21. The Hall–Kier alpha value is -1.89. The van der Waals surface area contributed by atoms with Gasteiger partial charge < -0.3 is 19.3 Å². The van der Waals surface area contributed by atoms with Gasteiger partial charge in [0.05, 0.1) is 0 Å². The first-order chi connectivity index (χ1) is 10.1. The van der Waals surface area contributed by atoms with Crippen LogP contribution < -0.4 is 0 Å². The number of hydrogen-bond donors (Lipinski definition) is 1. The van der Waals surface area contributed by atoms with E-state index in [1.807, 2.05) is 0 Å². The number of amides is 1. The van der Waals surface area contributed by atoms with Crippen molar-refractivity contribution in [2.24, 2.45) is 5.92 Å². The van der Waals surface area contributed by atoms with E-state index in [0.29, 0.717) is 36.9 Å². The normalized spacial score (nSPS) is 16.1. The molecule has 1 N–H and O–H groups in total. The fourth-order valence-corrected chi connectivity index (χ4v) is 2.54. The van der Waals surface area contributed by atoms with Gasteiger partial charge in [0.2, 0.25) is 0 Å². The number of methoxy groups -OCH3 is 1. The van der Waals surface area contributed by atoms with Gasteiger partial charge in [-0.3, -0.25) is 9.59 Å². The summed E-state index contributed by atoms with van der Waals surface area (Å²) in [6.07, 6.45) is 2.55. The molecule has 1 aliphatic rings. The third-order valence-corrected chi connectivity index (χ3v) is 3.73. The van der Waals surface area contributed by atoms with Crippen LogP contribution in [0.15, 0.2) is 10.6 Å². The van der Waals surface area contributed by atoms with Crippen LogP contribution in [0.4, 0.5) is 0 Å². The highest BCUT2D eigenvalue weighted by Gasteiger charge is 2.25. The highest BCUT2D eigenvalue weighted by molar-refractivity contribution is 5.92. The van der Waals surface area contributed by atoms with Crippen LogP contribution in [-0.2, 0) is 16.1 Å². The number of aromatic nitrogens is 1. The van der Waals surface area contributed by atoms with Crippen molar-refractivity contribution in [2.75, 3.05) is 20.2 Å². The number of likely N-dealkylation sites (tertiary alicyclic amines) is 1. The summed E-state index contributed by atoms with van der Waals surface area (Å²) in [5, 5.41) is 12.5. The maximum Gasteiger partial charge on any atom is 0.303 e. The zero-order valence-corrected chi connectivity index (χ0v) is 12.1. The first-order valence-electron chi connectivity index (χ1n) is 7.05. The third-order valence-electron chi connectivity index (χ3n) is 3.73. The molecule has 1 aromatic heterocycles. The smallest absolute Gasteiger partial charge is 0.303 e. The topological polar surface area (TPSA) is 92.9 Å². The highest BCUT2D eigenvalue weighted by Crippen LogP contribution is 2.23. The van der Waals surface area contributed by atoms with Crippen LogP contribution in [-0.4, -0.2) is 47.2 Å². The number of carbonyl (C=O) groups excluding carboxylic acids is 1. The Morgan fingerprint density at radius 2 is 2.19 bits per heavy atom. The van der Waals surface area contributed by atoms with E-state index in [2.05, 4.69) is 5.16 Å². The zero-order valence-electron chi connectivity index (χ0n) is 12.1. The van der Waals surface area contributed by atoms with E-state index in [9.17, 15) is 9.59 Å². The molecule has 0 bridgehead atoms. The van der Waals surface area contributed by atoms with E-state index in [1.165, 1.54) is 0 Å². The minimum absolute atomic E-state index is 0.141. The van der Waals surface area contributed by atoms with Gasteiger partial charge in [0.15, 0.2) is 11.5 Å². The van der Waals surface area contributed by atoms with Crippen molar-refractivity contribution in [3.8, 4) is 0 Å². The number of hydrogen-bond acceptors (Lipinski definition) is 5. The van der Waals surface area contributed by atoms with E-state index in [-0.39, 0.29) is 18.9 Å². The minimum atomic E-state index is -0.762. The number of nitrogens with zero attached hydrogens (tertiary/aromatic N) is 2. The van der Waals surface area contributed by atoms with Crippen molar-refractivity contribution in [1.82, 2.24) is 10.1 Å². The van der Waals surface area contributed by atoms with E-state index in [0.717, 1.165) is 12.8 Å². The maximum atomic E-state index is 12.3. The molecule has 0 radical (unpaired) electrons. The Morgan fingerprint density at radius 3 is 2.81 bits per heavy atom. The standard InChI is InChI=1S/C14H20N2O5/c1-20-9-11-8-12(15-21-11)14(19)16-6-4-10(5-7-16)2-3-13(17)18/h8,10H,2-7,9H2,1H3,(H,17,18). The van der Waals surface area contributed by atoms with Gasteiger partial charge in [-0.05, 0) is 25.2 Å². The summed E-state index contributed by atoms with van der Waals surface area (Å²) in [5.74, 6) is 0.00303. The number of aliphatic carboxylic acids is 1. The number of carbonyl (C=O) groups is 2. The molecule has 1 amide bonds. The Balaban J connectivity index is 1.83. The van der Waals surface area contributed by atoms with Crippen LogP contribution in [0.3, 0.4) is 0 Å². The van der Waals surface area contributed by atoms with Crippen LogP contribution >= 0.6 is 0 Å². The van der Waals surface area contributed by atoms with Crippen molar-refractivity contribution in [3.63, 3.8) is 0 Å². The lowest BCUT2D eigenvalue weighted by atomic mass is 9.92. The number of piperidine rings is 1. The molecular formula is C14H20N2O5. The van der Waals surface area contributed by atoms with Gasteiger partial charge in [-0.25, -0.2) is 0 Å². The zero-order chi connectivity index (χ0) is 15.2. The fraction of sp³-hybridized carbons (Fsp3) is 0.643. The average molecular weight is 296 g/mol. The lowest BCUT2D eigenvalue weighted by Gasteiger charge is -2.31. The molecule has 2 heterocycles. The van der Waals surface area contributed by atoms with Gasteiger partial charge in [0, 0.05) is 32.7 Å². The molecule has 1 fully saturated rings. The van der Waals surface area contributed by atoms with Crippen LogP contribution in [0.25, 0.3) is 0 Å². The van der Waals surface area contributed by atoms with Gasteiger partial charge in [0.1, 0.15) is 6.61 Å². The predicted molar refractivity (Wildman–Crippen MR) is 72.7 cm³/mol. The Morgan fingerprint density at radius 1 is 1.48 bits per heavy atom. The van der Waals surface area contributed by atoms with Gasteiger partial charge >= 0.3 is 5.97 Å². The van der Waals surface area contributed by atoms with E-state index in [4.69, 9.17) is 14.4 Å². The van der Waals surface area contributed by atoms with E-state index >= 15 is 0 Å². The summed E-state index contributed by atoms with van der Waals surface area (Å²) >= 11 is 0. The van der Waals surface area contributed by atoms with Crippen molar-refractivity contribution < 1.29 is 24.0 Å². The molecule has 0 aliphatic carbocycles. The van der Waals surface area contributed by atoms with Crippen molar-refractivity contribution in [2.45, 2.75) is 32.3 Å². The lowest BCUT2D eigenvalue weighted by molar-refractivity contribution is -0.137. The van der Waals surface area contributed by atoms with Crippen LogP contribution in [0.5, 0.6) is 0 Å². The summed E-state index contributed by atoms with van der Waals surface area (Å²) in [4.78, 5) is 24.6. The van der Waals surface area contributed by atoms with Gasteiger partial charge in [0.25, 0.3) is 5.91 Å². The molecule has 0 spiro atoms. The van der Waals surface area contributed by atoms with Crippen LogP contribution in [0, 0.1) is 5.92 Å². The molecule has 0 aromatic carbocycles. The van der Waals surface area contributed by atoms with Gasteiger partial charge in [-0.2, -0.15) is 0 Å². The second-order valence-electron chi connectivity index (χ2n) is 5.28. The average Bonchev–Trinajstić information content (AvgIpc) is 2.94. The summed E-state index contributed by atoms with van der Waals surface area (Å²) in [7, 11) is 1.55.